The number of halogens is 2. The molecule has 1 fully saturated rings. The Morgan fingerprint density at radius 2 is 1.96 bits per heavy atom. The van der Waals surface area contributed by atoms with Gasteiger partial charge < -0.3 is 10.6 Å². The van der Waals surface area contributed by atoms with E-state index in [1.807, 2.05) is 6.07 Å². The third-order valence-corrected chi connectivity index (χ3v) is 4.75. The third kappa shape index (κ3) is 6.40. The van der Waals surface area contributed by atoms with Gasteiger partial charge in [0.25, 0.3) is 0 Å². The molecule has 1 aromatic carbocycles. The molecule has 1 heterocycles. The molecule has 2 N–H and O–H groups in total. The van der Waals surface area contributed by atoms with Gasteiger partial charge in [-0.2, -0.15) is 5.26 Å². The van der Waals surface area contributed by atoms with E-state index in [0.29, 0.717) is 23.6 Å². The predicted molar refractivity (Wildman–Crippen MR) is 114 cm³/mol. The van der Waals surface area contributed by atoms with Crippen molar-refractivity contribution < 1.29 is 4.39 Å². The highest BCUT2D eigenvalue weighted by Gasteiger charge is 2.27. The Hall–Kier alpha value is -1.40. The van der Waals surface area contributed by atoms with Crippen LogP contribution in [0.1, 0.15) is 44.2 Å². The highest BCUT2D eigenvalue weighted by atomic mass is 127. The minimum atomic E-state index is -0.379. The topological polar surface area (TPSA) is 63.5 Å². The summed E-state index contributed by atoms with van der Waals surface area (Å²) >= 11 is 0. The van der Waals surface area contributed by atoms with Gasteiger partial charge in [0.05, 0.1) is 11.6 Å². The third-order valence-electron chi connectivity index (χ3n) is 4.75. The Morgan fingerprint density at radius 3 is 2.54 bits per heavy atom. The molecule has 0 atom stereocenters. The highest BCUT2D eigenvalue weighted by molar-refractivity contribution is 14.0. The van der Waals surface area contributed by atoms with E-state index in [4.69, 9.17) is 5.26 Å². The van der Waals surface area contributed by atoms with E-state index in [1.165, 1.54) is 25.3 Å². The monoisotopic (exact) mass is 473 g/mol. The van der Waals surface area contributed by atoms with E-state index in [-0.39, 0.29) is 35.3 Å². The van der Waals surface area contributed by atoms with Crippen LogP contribution in [-0.2, 0) is 6.54 Å². The lowest BCUT2D eigenvalue weighted by molar-refractivity contribution is 0.0982. The van der Waals surface area contributed by atoms with Crippen molar-refractivity contribution in [2.45, 2.75) is 45.2 Å². The zero-order valence-corrected chi connectivity index (χ0v) is 18.1. The molecule has 2 rings (SSSR count). The summed E-state index contributed by atoms with van der Waals surface area (Å²) in [7, 11) is 1.71. The zero-order valence-electron chi connectivity index (χ0n) is 15.8. The number of rotatable bonds is 5. The Labute approximate surface area is 173 Å². The largest absolute Gasteiger partial charge is 0.355 e. The summed E-state index contributed by atoms with van der Waals surface area (Å²) in [5.74, 6) is 0.268. The molecule has 5 nitrogen and oxygen atoms in total. The lowest BCUT2D eigenvalue weighted by atomic mass is 9.98. The fraction of sp³-hybridized carbons (Fsp3) is 0.579. The number of hydrogen-bond donors (Lipinski definition) is 2. The first kappa shape index (κ1) is 22.6. The molecule has 26 heavy (non-hydrogen) atoms. The summed E-state index contributed by atoms with van der Waals surface area (Å²) < 4.78 is 14.0. The van der Waals surface area contributed by atoms with E-state index in [9.17, 15) is 4.39 Å². The van der Waals surface area contributed by atoms with Crippen LogP contribution in [0.25, 0.3) is 0 Å². The van der Waals surface area contributed by atoms with E-state index >= 15 is 0 Å². The molecule has 144 valence electrons. The average Bonchev–Trinajstić information content (AvgIpc) is 2.63. The minimum Gasteiger partial charge on any atom is -0.355 e. The molecule has 0 amide bonds. The van der Waals surface area contributed by atoms with Crippen LogP contribution < -0.4 is 10.6 Å². The SMILES string of the molecule is CN=C(NCc1ccc(C#N)cc1F)NCC(C)(C)N1CCCCC1.I. The van der Waals surface area contributed by atoms with Crippen molar-refractivity contribution in [2.75, 3.05) is 26.7 Å². The number of piperidine rings is 1. The molecular formula is C19H29FIN5. The summed E-state index contributed by atoms with van der Waals surface area (Å²) in [4.78, 5) is 6.73. The molecule has 1 saturated heterocycles. The highest BCUT2D eigenvalue weighted by Crippen LogP contribution is 2.19. The van der Waals surface area contributed by atoms with Crippen molar-refractivity contribution in [3.8, 4) is 6.07 Å². The molecule has 1 aromatic rings. The summed E-state index contributed by atoms with van der Waals surface area (Å²) in [6, 6.07) is 6.45. The fourth-order valence-corrected chi connectivity index (χ4v) is 3.07. The van der Waals surface area contributed by atoms with E-state index in [2.05, 4.69) is 34.4 Å². The molecule has 0 bridgehead atoms. The molecule has 0 unspecified atom stereocenters. The number of benzene rings is 1. The summed E-state index contributed by atoms with van der Waals surface area (Å²) in [6.07, 6.45) is 3.84. The molecular weight excluding hydrogens is 444 g/mol. The summed E-state index contributed by atoms with van der Waals surface area (Å²) in [5.41, 5.74) is 0.877. The van der Waals surface area contributed by atoms with Gasteiger partial charge in [0.15, 0.2) is 5.96 Å². The van der Waals surface area contributed by atoms with Crippen LogP contribution in [-0.4, -0.2) is 43.1 Å². The first-order valence-corrected chi connectivity index (χ1v) is 8.84. The van der Waals surface area contributed by atoms with Crippen molar-refractivity contribution in [1.29, 1.82) is 5.26 Å². The van der Waals surface area contributed by atoms with Crippen molar-refractivity contribution in [3.63, 3.8) is 0 Å². The molecule has 0 aliphatic carbocycles. The zero-order chi connectivity index (χ0) is 18.3. The second kappa shape index (κ2) is 10.7. The predicted octanol–water partition coefficient (Wildman–Crippen LogP) is 3.24. The first-order valence-electron chi connectivity index (χ1n) is 8.84. The molecule has 0 saturated carbocycles. The number of aliphatic imine (C=N–C) groups is 1. The molecule has 1 aliphatic heterocycles. The maximum atomic E-state index is 14.0. The Bertz CT molecular complexity index is 648. The molecule has 0 aromatic heterocycles. The molecule has 0 radical (unpaired) electrons. The van der Waals surface area contributed by atoms with Crippen molar-refractivity contribution in [3.05, 3.63) is 35.1 Å². The number of guanidine groups is 1. The quantitative estimate of drug-likeness (QED) is 0.392. The number of nitriles is 1. The van der Waals surface area contributed by atoms with Gasteiger partial charge in [-0.25, -0.2) is 4.39 Å². The van der Waals surface area contributed by atoms with Gasteiger partial charge in [-0.05, 0) is 51.9 Å². The number of nitrogens with zero attached hydrogens (tertiary/aromatic N) is 3. The Balaban J connectivity index is 0.00000338. The second-order valence-electron chi connectivity index (χ2n) is 7.06. The molecule has 7 heteroatoms. The standard InChI is InChI=1S/C19H28FN5.HI/c1-19(2,25-9-5-4-6-10-25)14-24-18(22-3)23-13-16-8-7-15(12-21)11-17(16)20;/h7-8,11H,4-6,9-10,13-14H2,1-3H3,(H2,22,23,24);1H. The lowest BCUT2D eigenvalue weighted by Gasteiger charge is -2.41. The van der Waals surface area contributed by atoms with Crippen LogP contribution in [0.4, 0.5) is 4.39 Å². The van der Waals surface area contributed by atoms with Gasteiger partial charge in [-0.1, -0.05) is 12.5 Å². The van der Waals surface area contributed by atoms with Gasteiger partial charge in [0.2, 0.25) is 0 Å². The lowest BCUT2D eigenvalue weighted by Crippen LogP contribution is -2.54. The van der Waals surface area contributed by atoms with Crippen LogP contribution in [0, 0.1) is 17.1 Å². The Kier molecular flexibility index (Phi) is 9.30. The number of likely N-dealkylation sites (tertiary alicyclic amines) is 1. The maximum absolute atomic E-state index is 14.0. The van der Waals surface area contributed by atoms with Gasteiger partial charge >= 0.3 is 0 Å². The van der Waals surface area contributed by atoms with Gasteiger partial charge in [0.1, 0.15) is 5.82 Å². The van der Waals surface area contributed by atoms with Crippen molar-refractivity contribution >= 4 is 29.9 Å². The first-order chi connectivity index (χ1) is 12.0. The molecule has 1 aliphatic rings. The van der Waals surface area contributed by atoms with Crippen LogP contribution >= 0.6 is 24.0 Å². The fourth-order valence-electron chi connectivity index (χ4n) is 3.07. The van der Waals surface area contributed by atoms with E-state index < -0.39 is 0 Å². The summed E-state index contributed by atoms with van der Waals surface area (Å²) in [6.45, 7) is 7.83. The normalized spacial score (nSPS) is 15.7. The van der Waals surface area contributed by atoms with E-state index in [0.717, 1.165) is 19.6 Å². The Morgan fingerprint density at radius 1 is 1.27 bits per heavy atom. The number of hydrogen-bond acceptors (Lipinski definition) is 3. The molecule has 0 spiro atoms. The summed E-state index contributed by atoms with van der Waals surface area (Å²) in [5, 5.41) is 15.3. The van der Waals surface area contributed by atoms with Gasteiger partial charge in [-0.15, -0.1) is 24.0 Å². The van der Waals surface area contributed by atoms with Crippen molar-refractivity contribution in [1.82, 2.24) is 15.5 Å². The van der Waals surface area contributed by atoms with Crippen LogP contribution in [0.15, 0.2) is 23.2 Å². The van der Waals surface area contributed by atoms with Gasteiger partial charge in [0, 0.05) is 31.2 Å². The van der Waals surface area contributed by atoms with Crippen molar-refractivity contribution in [2.24, 2.45) is 4.99 Å². The van der Waals surface area contributed by atoms with Crippen LogP contribution in [0.3, 0.4) is 0 Å². The minimum absolute atomic E-state index is 0. The number of nitrogens with one attached hydrogen (secondary N) is 2. The van der Waals surface area contributed by atoms with Gasteiger partial charge in [-0.3, -0.25) is 9.89 Å². The maximum Gasteiger partial charge on any atom is 0.191 e. The smallest absolute Gasteiger partial charge is 0.191 e. The van der Waals surface area contributed by atoms with E-state index in [1.54, 1.807) is 19.2 Å². The van der Waals surface area contributed by atoms with Crippen LogP contribution in [0.5, 0.6) is 0 Å². The second-order valence-corrected chi connectivity index (χ2v) is 7.06. The van der Waals surface area contributed by atoms with Crippen LogP contribution in [0.2, 0.25) is 0 Å². The average molecular weight is 473 g/mol.